The van der Waals surface area contributed by atoms with Gasteiger partial charge in [0, 0.05) is 23.7 Å². The van der Waals surface area contributed by atoms with Crippen LogP contribution in [0.2, 0.25) is 0 Å². The number of carbonyl (C=O) groups is 1. The number of hydrogen-bond acceptors (Lipinski definition) is 5. The predicted octanol–water partition coefficient (Wildman–Crippen LogP) is 3.00. The number of amides is 1. The van der Waals surface area contributed by atoms with Gasteiger partial charge in [-0.3, -0.25) is 9.52 Å². The van der Waals surface area contributed by atoms with E-state index >= 15 is 0 Å². The smallest absolute Gasteiger partial charge is 0.323 e. The summed E-state index contributed by atoms with van der Waals surface area (Å²) in [5, 5.41) is 2.92. The molecule has 0 radical (unpaired) electrons. The third kappa shape index (κ3) is 4.92. The highest BCUT2D eigenvalue weighted by Gasteiger charge is 2.16. The van der Waals surface area contributed by atoms with Gasteiger partial charge in [-0.15, -0.1) is 0 Å². The topological polar surface area (TPSA) is 137 Å². The van der Waals surface area contributed by atoms with Gasteiger partial charge in [-0.05, 0) is 67.9 Å². The average Bonchev–Trinajstić information content (AvgIpc) is 3.40. The number of aromatic nitrogens is 2. The first-order valence-corrected chi connectivity index (χ1v) is 11.5. The van der Waals surface area contributed by atoms with Gasteiger partial charge in [-0.2, -0.15) is 0 Å². The highest BCUT2D eigenvalue weighted by atomic mass is 32.2. The monoisotopic (exact) mass is 454 g/mol. The van der Waals surface area contributed by atoms with E-state index in [9.17, 15) is 18.0 Å². The second-order valence-corrected chi connectivity index (χ2v) is 9.14. The van der Waals surface area contributed by atoms with E-state index in [1.165, 1.54) is 30.3 Å². The van der Waals surface area contributed by atoms with E-state index < -0.39 is 15.7 Å². The normalized spacial score (nSPS) is 12.5. The molecule has 0 fully saturated rings. The molecule has 1 atom stereocenters. The third-order valence-electron chi connectivity index (χ3n) is 4.98. The molecule has 1 amide bonds. The number of carbonyl (C=O) groups excluding carboxylic acids is 1. The number of anilines is 1. The Kier molecular flexibility index (Phi) is 5.87. The molecule has 9 nitrogen and oxygen atoms in total. The summed E-state index contributed by atoms with van der Waals surface area (Å²) >= 11 is 0. The maximum atomic E-state index is 12.7. The summed E-state index contributed by atoms with van der Waals surface area (Å²) in [6.45, 7) is 1.91. The van der Waals surface area contributed by atoms with Crippen LogP contribution in [0.1, 0.15) is 29.5 Å². The summed E-state index contributed by atoms with van der Waals surface area (Å²) in [5.41, 5.74) is 1.24. The number of fused-ring (bicyclic) bond motifs is 1. The van der Waals surface area contributed by atoms with Crippen molar-refractivity contribution in [3.05, 3.63) is 82.7 Å². The summed E-state index contributed by atoms with van der Waals surface area (Å²) in [7, 11) is -3.87. The molecule has 1 unspecified atom stereocenters. The lowest BCUT2D eigenvalue weighted by Crippen LogP contribution is -2.32. The van der Waals surface area contributed by atoms with E-state index in [0.717, 1.165) is 18.6 Å². The molecule has 0 saturated carbocycles. The van der Waals surface area contributed by atoms with Gasteiger partial charge in [0.1, 0.15) is 5.76 Å². The van der Waals surface area contributed by atoms with Gasteiger partial charge in [-0.1, -0.05) is 0 Å². The zero-order valence-corrected chi connectivity index (χ0v) is 18.0. The first kappa shape index (κ1) is 21.4. The largest absolute Gasteiger partial charge is 0.469 e. The number of aromatic amines is 2. The molecule has 4 rings (SSSR count). The number of H-pyrrole nitrogens is 2. The third-order valence-corrected chi connectivity index (χ3v) is 6.36. The predicted molar refractivity (Wildman–Crippen MR) is 120 cm³/mol. The van der Waals surface area contributed by atoms with Crippen molar-refractivity contribution in [2.45, 2.75) is 30.7 Å². The molecule has 2 aromatic heterocycles. The van der Waals surface area contributed by atoms with Crippen molar-refractivity contribution in [3.63, 3.8) is 0 Å². The van der Waals surface area contributed by atoms with Crippen LogP contribution in [0, 0.1) is 0 Å². The number of nitrogens with one attached hydrogen (secondary N) is 4. The standard InChI is InChI=1S/C22H22N4O5S/c1-14(4-9-17-3-2-12-31-17)23-21(27)15-5-7-16(8-6-15)26-32(29,30)18-10-11-19-20(13-18)25-22(28)24-19/h2-3,5-8,10-14,26H,4,9H2,1H3,(H,23,27)(H2,24,25,28). The minimum Gasteiger partial charge on any atom is -0.469 e. The molecule has 0 saturated heterocycles. The second-order valence-electron chi connectivity index (χ2n) is 7.46. The molecular formula is C22H22N4O5S. The van der Waals surface area contributed by atoms with E-state index in [1.807, 2.05) is 19.1 Å². The van der Waals surface area contributed by atoms with Crippen molar-refractivity contribution in [2.24, 2.45) is 0 Å². The quantitative estimate of drug-likeness (QED) is 0.324. The van der Waals surface area contributed by atoms with Crippen molar-refractivity contribution in [3.8, 4) is 0 Å². The molecule has 166 valence electrons. The van der Waals surface area contributed by atoms with Gasteiger partial charge in [0.15, 0.2) is 0 Å². The average molecular weight is 455 g/mol. The lowest BCUT2D eigenvalue weighted by molar-refractivity contribution is 0.0938. The molecular weight excluding hydrogens is 432 g/mol. The lowest BCUT2D eigenvalue weighted by Gasteiger charge is -2.14. The number of rotatable bonds is 8. The highest BCUT2D eigenvalue weighted by Crippen LogP contribution is 2.19. The molecule has 4 aromatic rings. The highest BCUT2D eigenvalue weighted by molar-refractivity contribution is 7.92. The van der Waals surface area contributed by atoms with Gasteiger partial charge in [-0.25, -0.2) is 13.2 Å². The zero-order valence-electron chi connectivity index (χ0n) is 17.2. The summed E-state index contributed by atoms with van der Waals surface area (Å²) < 4.78 is 33.1. The molecule has 2 heterocycles. The molecule has 32 heavy (non-hydrogen) atoms. The molecule has 0 bridgehead atoms. The Hall–Kier alpha value is -3.79. The number of sulfonamides is 1. The molecule has 0 spiro atoms. The van der Waals surface area contributed by atoms with E-state index in [2.05, 4.69) is 20.0 Å². The minimum absolute atomic E-state index is 0.00690. The van der Waals surface area contributed by atoms with E-state index in [0.29, 0.717) is 22.3 Å². The van der Waals surface area contributed by atoms with Gasteiger partial charge in [0.25, 0.3) is 15.9 Å². The van der Waals surface area contributed by atoms with Crippen molar-refractivity contribution >= 4 is 32.7 Å². The summed E-state index contributed by atoms with van der Waals surface area (Å²) in [6, 6.07) is 14.1. The number of aryl methyl sites for hydroxylation is 1. The minimum atomic E-state index is -3.87. The Morgan fingerprint density at radius 2 is 1.81 bits per heavy atom. The number of furan rings is 1. The van der Waals surface area contributed by atoms with Crippen molar-refractivity contribution < 1.29 is 17.6 Å². The van der Waals surface area contributed by atoms with E-state index in [4.69, 9.17) is 4.42 Å². The SMILES string of the molecule is CC(CCc1ccco1)NC(=O)c1ccc(NS(=O)(=O)c2ccc3[nH]c(=O)[nH]c3c2)cc1. The van der Waals surface area contributed by atoms with Gasteiger partial charge in [0.2, 0.25) is 0 Å². The van der Waals surface area contributed by atoms with Crippen LogP contribution in [-0.2, 0) is 16.4 Å². The molecule has 2 aromatic carbocycles. The number of hydrogen-bond donors (Lipinski definition) is 4. The maximum absolute atomic E-state index is 12.7. The molecule has 0 aliphatic rings. The Balaban J connectivity index is 1.38. The van der Waals surface area contributed by atoms with E-state index in [1.54, 1.807) is 18.4 Å². The van der Waals surface area contributed by atoms with Crippen LogP contribution >= 0.6 is 0 Å². The van der Waals surface area contributed by atoms with Crippen LogP contribution < -0.4 is 15.7 Å². The number of benzene rings is 2. The van der Waals surface area contributed by atoms with Crippen LogP contribution in [0.25, 0.3) is 11.0 Å². The fourth-order valence-corrected chi connectivity index (χ4v) is 4.36. The summed E-state index contributed by atoms with van der Waals surface area (Å²) in [5.74, 6) is 0.623. The molecule has 0 aliphatic heterocycles. The van der Waals surface area contributed by atoms with Crippen LogP contribution in [0.3, 0.4) is 0 Å². The molecule has 10 heteroatoms. The van der Waals surface area contributed by atoms with Gasteiger partial charge >= 0.3 is 5.69 Å². The maximum Gasteiger partial charge on any atom is 0.323 e. The lowest BCUT2D eigenvalue weighted by atomic mass is 10.1. The zero-order chi connectivity index (χ0) is 22.7. The Bertz CT molecular complexity index is 1390. The fourth-order valence-electron chi connectivity index (χ4n) is 3.28. The summed E-state index contributed by atoms with van der Waals surface area (Å²) in [4.78, 5) is 28.9. The Labute approximate surface area is 183 Å². The van der Waals surface area contributed by atoms with Crippen LogP contribution in [-0.4, -0.2) is 30.3 Å². The van der Waals surface area contributed by atoms with Gasteiger partial charge in [0.05, 0.1) is 22.2 Å². The number of imidazole rings is 1. The van der Waals surface area contributed by atoms with Gasteiger partial charge < -0.3 is 19.7 Å². The Morgan fingerprint density at radius 1 is 1.06 bits per heavy atom. The van der Waals surface area contributed by atoms with Crippen molar-refractivity contribution in [1.29, 1.82) is 0 Å². The van der Waals surface area contributed by atoms with E-state index in [-0.39, 0.29) is 16.8 Å². The molecule has 0 aliphatic carbocycles. The fraction of sp³-hybridized carbons (Fsp3) is 0.182. The van der Waals surface area contributed by atoms with Crippen molar-refractivity contribution in [1.82, 2.24) is 15.3 Å². The Morgan fingerprint density at radius 3 is 2.53 bits per heavy atom. The molecule has 4 N–H and O–H groups in total. The first-order chi connectivity index (χ1) is 15.3. The van der Waals surface area contributed by atoms with Crippen LogP contribution in [0.4, 0.5) is 5.69 Å². The first-order valence-electron chi connectivity index (χ1n) is 9.98. The van der Waals surface area contributed by atoms with Crippen LogP contribution in [0.5, 0.6) is 0 Å². The summed E-state index contributed by atoms with van der Waals surface area (Å²) in [6.07, 6.45) is 3.07. The second kappa shape index (κ2) is 8.75. The van der Waals surface area contributed by atoms with Crippen molar-refractivity contribution in [2.75, 3.05) is 4.72 Å². The van der Waals surface area contributed by atoms with Crippen LogP contribution in [0.15, 0.2) is 75.0 Å².